The van der Waals surface area contributed by atoms with Gasteiger partial charge in [0.25, 0.3) is 0 Å². The van der Waals surface area contributed by atoms with E-state index in [9.17, 15) is 26.0 Å². The number of fused-ring (bicyclic) bond motifs is 1. The summed E-state index contributed by atoms with van der Waals surface area (Å²) < 4.78 is 92.7. The number of alkyl halides is 3. The Kier molecular flexibility index (Phi) is 8.31. The Hall–Kier alpha value is -3.39. The molecule has 3 aromatic rings. The molecule has 0 bridgehead atoms. The van der Waals surface area contributed by atoms with Crippen LogP contribution in [0.3, 0.4) is 0 Å². The number of ether oxygens (including phenoxy) is 2. The first-order chi connectivity index (χ1) is 18.7. The van der Waals surface area contributed by atoms with Crippen LogP contribution in [0.25, 0.3) is 10.9 Å². The molecule has 1 saturated carbocycles. The molecule has 40 heavy (non-hydrogen) atoms. The number of benzene rings is 2. The molecule has 0 spiro atoms. The van der Waals surface area contributed by atoms with E-state index in [1.165, 1.54) is 25.4 Å². The van der Waals surface area contributed by atoms with Crippen LogP contribution in [0.15, 0.2) is 24.3 Å². The fourth-order valence-electron chi connectivity index (χ4n) is 4.44. The van der Waals surface area contributed by atoms with Gasteiger partial charge in [-0.3, -0.25) is 0 Å². The predicted octanol–water partition coefficient (Wildman–Crippen LogP) is 5.05. The normalized spacial score (nSPS) is 15.2. The van der Waals surface area contributed by atoms with Crippen molar-refractivity contribution in [3.63, 3.8) is 0 Å². The molecule has 218 valence electrons. The number of methoxy groups -OCH3 is 1. The molecule has 1 aliphatic rings. The van der Waals surface area contributed by atoms with Crippen molar-refractivity contribution in [2.24, 2.45) is 0 Å². The van der Waals surface area contributed by atoms with Gasteiger partial charge in [-0.05, 0) is 44.9 Å². The third-order valence-electron chi connectivity index (χ3n) is 6.91. The minimum absolute atomic E-state index is 0.0327. The smallest absolute Gasteiger partial charge is 0.419 e. The van der Waals surface area contributed by atoms with Crippen LogP contribution in [0, 0.1) is 12.7 Å². The molecule has 1 aromatic heterocycles. The maximum absolute atomic E-state index is 14.9. The van der Waals surface area contributed by atoms with E-state index in [2.05, 4.69) is 15.3 Å². The second-order valence-electron chi connectivity index (χ2n) is 9.74. The number of nitrogens with one attached hydrogen (secondary N) is 1. The molecular formula is C26H31F4N5O4S. The van der Waals surface area contributed by atoms with E-state index in [0.717, 1.165) is 12.5 Å². The number of anilines is 2. The highest BCUT2D eigenvalue weighted by Gasteiger charge is 2.36. The van der Waals surface area contributed by atoms with Crippen LogP contribution < -0.4 is 20.5 Å². The number of hydrogen-bond acceptors (Lipinski definition) is 8. The number of nitrogens with two attached hydrogens (primary N) is 1. The summed E-state index contributed by atoms with van der Waals surface area (Å²) in [5.74, 6) is -0.233. The van der Waals surface area contributed by atoms with Gasteiger partial charge in [-0.2, -0.15) is 13.2 Å². The van der Waals surface area contributed by atoms with Crippen molar-refractivity contribution in [3.05, 3.63) is 47.0 Å². The highest BCUT2D eigenvalue weighted by atomic mass is 32.2. The third kappa shape index (κ3) is 6.02. The summed E-state index contributed by atoms with van der Waals surface area (Å²) in [6.07, 6.45) is -2.72. The molecule has 2 aromatic carbocycles. The molecule has 1 aliphatic carbocycles. The minimum atomic E-state index is -4.92. The molecule has 1 heterocycles. The largest absolute Gasteiger partial charge is 0.493 e. The monoisotopic (exact) mass is 585 g/mol. The van der Waals surface area contributed by atoms with Crippen molar-refractivity contribution in [1.82, 2.24) is 14.3 Å². The maximum atomic E-state index is 14.9. The molecule has 14 heteroatoms. The Balaban J connectivity index is 1.62. The van der Waals surface area contributed by atoms with E-state index in [4.69, 9.17) is 15.2 Å². The fourth-order valence-corrected chi connectivity index (χ4v) is 6.21. The lowest BCUT2D eigenvalue weighted by atomic mass is 10.0. The van der Waals surface area contributed by atoms with Gasteiger partial charge in [0.05, 0.1) is 29.5 Å². The average molecular weight is 586 g/mol. The number of nitrogen functional groups attached to an aromatic ring is 1. The van der Waals surface area contributed by atoms with Crippen molar-refractivity contribution in [1.29, 1.82) is 0 Å². The van der Waals surface area contributed by atoms with E-state index in [1.54, 1.807) is 19.1 Å². The Morgan fingerprint density at radius 1 is 1.18 bits per heavy atom. The van der Waals surface area contributed by atoms with Crippen LogP contribution in [0.1, 0.15) is 49.2 Å². The highest BCUT2D eigenvalue weighted by molar-refractivity contribution is 7.89. The van der Waals surface area contributed by atoms with Gasteiger partial charge in [0.2, 0.25) is 10.0 Å². The second-order valence-corrected chi connectivity index (χ2v) is 12.1. The summed E-state index contributed by atoms with van der Waals surface area (Å²) >= 11 is 0. The van der Waals surface area contributed by atoms with E-state index >= 15 is 0 Å². The van der Waals surface area contributed by atoms with Crippen molar-refractivity contribution >= 4 is 32.4 Å². The molecular weight excluding hydrogens is 554 g/mol. The van der Waals surface area contributed by atoms with E-state index < -0.39 is 33.6 Å². The quantitative estimate of drug-likeness (QED) is 0.251. The Morgan fingerprint density at radius 2 is 1.88 bits per heavy atom. The van der Waals surface area contributed by atoms with Crippen molar-refractivity contribution in [2.75, 3.05) is 38.4 Å². The number of likely N-dealkylation sites (N-methyl/N-ethyl adjacent to an activating group) is 1. The fraction of sp³-hybridized carbons (Fsp3) is 0.462. The van der Waals surface area contributed by atoms with E-state index in [0.29, 0.717) is 41.4 Å². The number of rotatable bonds is 10. The number of aromatic nitrogens is 2. The van der Waals surface area contributed by atoms with Crippen molar-refractivity contribution < 1.29 is 35.5 Å². The molecule has 3 N–H and O–H groups in total. The molecule has 0 amide bonds. The van der Waals surface area contributed by atoms with Crippen LogP contribution in [0.4, 0.5) is 29.1 Å². The number of hydrogen-bond donors (Lipinski definition) is 2. The number of halogens is 4. The van der Waals surface area contributed by atoms with Gasteiger partial charge in [0.1, 0.15) is 24.1 Å². The second kappa shape index (κ2) is 11.2. The summed E-state index contributed by atoms with van der Waals surface area (Å²) in [6, 6.07) is 3.93. The van der Waals surface area contributed by atoms with Gasteiger partial charge >= 0.3 is 6.18 Å². The lowest BCUT2D eigenvalue weighted by Crippen LogP contribution is -2.41. The topological polar surface area (TPSA) is 120 Å². The zero-order valence-electron chi connectivity index (χ0n) is 22.5. The molecule has 0 saturated heterocycles. The Labute approximate surface area is 229 Å². The van der Waals surface area contributed by atoms with Crippen LogP contribution in [-0.2, 0) is 16.2 Å². The highest BCUT2D eigenvalue weighted by Crippen LogP contribution is 2.38. The first kappa shape index (κ1) is 29.6. The molecule has 4 rings (SSSR count). The number of sulfonamides is 1. The van der Waals surface area contributed by atoms with Gasteiger partial charge in [0, 0.05) is 36.3 Å². The lowest BCUT2D eigenvalue weighted by Gasteiger charge is -2.29. The van der Waals surface area contributed by atoms with Gasteiger partial charge in [-0.1, -0.05) is 6.42 Å². The first-order valence-corrected chi connectivity index (χ1v) is 14.1. The summed E-state index contributed by atoms with van der Waals surface area (Å²) in [6.45, 7) is 3.27. The molecule has 0 radical (unpaired) electrons. The van der Waals surface area contributed by atoms with Gasteiger partial charge < -0.3 is 20.5 Å². The van der Waals surface area contributed by atoms with Gasteiger partial charge in [-0.15, -0.1) is 0 Å². The predicted molar refractivity (Wildman–Crippen MR) is 143 cm³/mol. The summed E-state index contributed by atoms with van der Waals surface area (Å²) in [7, 11) is -0.445. The van der Waals surface area contributed by atoms with Crippen LogP contribution in [0.2, 0.25) is 0 Å². The summed E-state index contributed by atoms with van der Waals surface area (Å²) in [5.41, 5.74) is 4.13. The van der Waals surface area contributed by atoms with Gasteiger partial charge in [-0.25, -0.2) is 27.1 Å². The van der Waals surface area contributed by atoms with Gasteiger partial charge in [0.15, 0.2) is 11.5 Å². The average Bonchev–Trinajstić information content (AvgIpc) is 2.82. The minimum Gasteiger partial charge on any atom is -0.493 e. The van der Waals surface area contributed by atoms with Crippen LogP contribution in [0.5, 0.6) is 11.5 Å². The molecule has 1 fully saturated rings. The Morgan fingerprint density at radius 3 is 2.48 bits per heavy atom. The lowest BCUT2D eigenvalue weighted by molar-refractivity contribution is -0.140. The first-order valence-electron chi connectivity index (χ1n) is 12.6. The molecule has 0 unspecified atom stereocenters. The molecule has 1 atom stereocenters. The number of aryl methyl sites for hydroxylation is 1. The zero-order chi connectivity index (χ0) is 29.4. The Bertz CT molecular complexity index is 1510. The summed E-state index contributed by atoms with van der Waals surface area (Å²) in [4.78, 5) is 8.78. The SMILES string of the molecule is COc1cc2nc(C)nc(N[C@H](C)c3cc(N)cc(C(F)(F)F)c3F)c2cc1OCCN(C)S(=O)(=O)C1CCC1. The van der Waals surface area contributed by atoms with E-state index in [-0.39, 0.29) is 41.2 Å². The third-order valence-corrected chi connectivity index (χ3v) is 9.28. The van der Waals surface area contributed by atoms with E-state index in [1.807, 2.05) is 0 Å². The van der Waals surface area contributed by atoms with Crippen LogP contribution in [-0.4, -0.2) is 55.3 Å². The van der Waals surface area contributed by atoms with Crippen molar-refractivity contribution in [2.45, 2.75) is 50.6 Å². The van der Waals surface area contributed by atoms with Crippen LogP contribution >= 0.6 is 0 Å². The number of nitrogens with zero attached hydrogens (tertiary/aromatic N) is 3. The molecule has 9 nitrogen and oxygen atoms in total. The van der Waals surface area contributed by atoms with Crippen molar-refractivity contribution in [3.8, 4) is 11.5 Å². The maximum Gasteiger partial charge on any atom is 0.419 e. The standard InChI is InChI=1S/C26H31F4N5O4S/c1-14(18-10-16(31)11-20(24(18)27)26(28,29)30)32-25-19-12-23(22(38-4)13-21(19)33-15(2)34-25)39-9-8-35(3)40(36,37)17-6-5-7-17/h10-14,17H,5-9,31H2,1-4H3,(H,32,33,34)/t14-/m1/s1. The molecule has 0 aliphatic heterocycles. The summed E-state index contributed by atoms with van der Waals surface area (Å²) in [5, 5.41) is 3.05. The zero-order valence-corrected chi connectivity index (χ0v) is 23.3.